The van der Waals surface area contributed by atoms with E-state index in [2.05, 4.69) is 29.1 Å². The molecular weight excluding hydrogens is 373 g/mol. The van der Waals surface area contributed by atoms with Crippen molar-refractivity contribution < 1.29 is 23.7 Å². The normalized spacial score (nSPS) is 17.4. The molecule has 2 aromatic rings. The number of carbonyl (C=O) groups excluding carboxylic acids is 1. The van der Waals surface area contributed by atoms with E-state index in [4.69, 9.17) is 6.58 Å². The van der Waals surface area contributed by atoms with Crippen molar-refractivity contribution in [2.45, 2.75) is 13.3 Å². The maximum Gasteiger partial charge on any atom is 1.00 e. The summed E-state index contributed by atoms with van der Waals surface area (Å²) in [7, 11) is 2.10. The van der Waals surface area contributed by atoms with E-state index < -0.39 is 0 Å². The summed E-state index contributed by atoms with van der Waals surface area (Å²) in [5.41, 5.74) is 4.51. The van der Waals surface area contributed by atoms with Gasteiger partial charge in [-0.1, -0.05) is 18.2 Å². The second kappa shape index (κ2) is 9.11. The minimum Gasteiger partial charge on any atom is -0.359 e. The van der Waals surface area contributed by atoms with E-state index in [-0.39, 0.29) is 24.8 Å². The molecule has 2 aliphatic rings. The summed E-state index contributed by atoms with van der Waals surface area (Å²) in [5.74, 6) is -0.214. The van der Waals surface area contributed by atoms with Gasteiger partial charge in [0.1, 0.15) is 0 Å². The molecule has 2 aliphatic heterocycles. The molecule has 0 radical (unpaired) electrons. The molecule has 0 fully saturated rings. The number of thiazole rings is 1. The van der Waals surface area contributed by atoms with Crippen LogP contribution in [0.5, 0.6) is 0 Å². The summed E-state index contributed by atoms with van der Waals surface area (Å²) >= 11 is 1.63. The zero-order valence-electron chi connectivity index (χ0n) is 17.0. The first-order chi connectivity index (χ1) is 13.5. The van der Waals surface area contributed by atoms with E-state index in [9.17, 15) is 4.79 Å². The Morgan fingerprint density at radius 3 is 2.93 bits per heavy atom. The summed E-state index contributed by atoms with van der Waals surface area (Å²) < 4.78 is 1.09. The monoisotopic (exact) mass is 394 g/mol. The Kier molecular flexibility index (Phi) is 6.76. The molecule has 0 bridgehead atoms. The second-order valence-electron chi connectivity index (χ2n) is 7.00. The van der Waals surface area contributed by atoms with Gasteiger partial charge in [-0.3, -0.25) is 6.58 Å². The average Bonchev–Trinajstić information content (AvgIpc) is 3.06. The van der Waals surface area contributed by atoms with Crippen LogP contribution in [0.15, 0.2) is 65.5 Å². The third-order valence-corrected chi connectivity index (χ3v) is 5.79. The molecule has 3 heterocycles. The van der Waals surface area contributed by atoms with Crippen molar-refractivity contribution in [2.75, 3.05) is 20.1 Å². The molecule has 0 atom stereocenters. The number of fused-ring (bicyclic) bond motifs is 1. The SMILES string of the molecule is [CH-]=C1C=CC(C2=CCN(C)CC2)=CN1C(=O)C=[C-]c1ccc2nc(C)sc2c1.[Li+]. The average molecular weight is 394 g/mol. The van der Waals surface area contributed by atoms with Gasteiger partial charge in [-0.2, -0.15) is 6.08 Å². The van der Waals surface area contributed by atoms with Crippen molar-refractivity contribution in [1.29, 1.82) is 0 Å². The van der Waals surface area contributed by atoms with Gasteiger partial charge < -0.3 is 14.6 Å². The van der Waals surface area contributed by atoms with Gasteiger partial charge in [0.05, 0.1) is 10.5 Å². The first-order valence-electron chi connectivity index (χ1n) is 9.20. The van der Waals surface area contributed by atoms with E-state index in [0.29, 0.717) is 5.70 Å². The standard InChI is InChI=1S/C23H21N3OS.Li/c1-16-4-7-20(19-10-12-25(3)13-11-19)15-26(16)23(27)9-6-18-5-8-21-22(14-18)28-17(2)24-21;/h1,4-5,7-10,14-15H,11-13H2,2-3H3;/q-2;+1. The number of rotatable bonds is 3. The van der Waals surface area contributed by atoms with Gasteiger partial charge in [-0.25, -0.2) is 4.98 Å². The van der Waals surface area contributed by atoms with Crippen LogP contribution in [0.1, 0.15) is 17.0 Å². The number of benzene rings is 1. The van der Waals surface area contributed by atoms with Gasteiger partial charge >= 0.3 is 18.9 Å². The van der Waals surface area contributed by atoms with Crippen LogP contribution < -0.4 is 18.9 Å². The fourth-order valence-corrected chi connectivity index (χ4v) is 4.14. The van der Waals surface area contributed by atoms with Gasteiger partial charge in [0, 0.05) is 24.0 Å². The number of carbonyl (C=O) groups is 1. The number of hydrogen-bond acceptors (Lipinski definition) is 4. The predicted molar refractivity (Wildman–Crippen MR) is 113 cm³/mol. The zero-order valence-corrected chi connectivity index (χ0v) is 17.8. The molecule has 4 nitrogen and oxygen atoms in total. The summed E-state index contributed by atoms with van der Waals surface area (Å²) in [6.45, 7) is 9.96. The van der Waals surface area contributed by atoms with Crippen molar-refractivity contribution in [2.24, 2.45) is 0 Å². The number of aryl methyl sites for hydroxylation is 1. The van der Waals surface area contributed by atoms with Crippen LogP contribution in [0, 0.1) is 19.6 Å². The molecule has 6 heteroatoms. The predicted octanol–water partition coefficient (Wildman–Crippen LogP) is 1.18. The van der Waals surface area contributed by atoms with Crippen LogP contribution >= 0.6 is 11.3 Å². The number of hydrogen-bond donors (Lipinski definition) is 0. The molecule has 0 saturated carbocycles. The van der Waals surface area contributed by atoms with Crippen LogP contribution in [0.4, 0.5) is 0 Å². The van der Waals surface area contributed by atoms with Gasteiger partial charge in [0.25, 0.3) is 0 Å². The van der Waals surface area contributed by atoms with Gasteiger partial charge in [0.2, 0.25) is 0 Å². The Morgan fingerprint density at radius 1 is 1.34 bits per heavy atom. The second-order valence-corrected chi connectivity index (χ2v) is 8.23. The van der Waals surface area contributed by atoms with Crippen LogP contribution in [0.25, 0.3) is 10.2 Å². The molecule has 1 amide bonds. The van der Waals surface area contributed by atoms with Gasteiger partial charge in [-0.15, -0.1) is 46.9 Å². The summed E-state index contributed by atoms with van der Waals surface area (Å²) in [4.78, 5) is 20.9. The minimum atomic E-state index is -0.214. The van der Waals surface area contributed by atoms with Gasteiger partial charge in [-0.05, 0) is 31.5 Å². The molecular formula is C23H21LiN3OS-. The van der Waals surface area contributed by atoms with E-state index >= 15 is 0 Å². The van der Waals surface area contributed by atoms with Crippen LogP contribution in [0.3, 0.4) is 0 Å². The third-order valence-electron chi connectivity index (χ3n) is 4.86. The molecule has 4 rings (SSSR count). The Hall–Kier alpha value is -2.16. The van der Waals surface area contributed by atoms with Crippen LogP contribution in [0.2, 0.25) is 0 Å². The fourth-order valence-electron chi connectivity index (χ4n) is 3.27. The number of aromatic nitrogens is 1. The molecule has 0 unspecified atom stereocenters. The Bertz CT molecular complexity index is 1080. The number of likely N-dealkylation sites (N-methyl/N-ethyl adjacent to an activating group) is 1. The molecule has 0 aliphatic carbocycles. The Labute approximate surface area is 187 Å². The Balaban J connectivity index is 0.00000240. The number of allylic oxidation sites excluding steroid dienone is 3. The van der Waals surface area contributed by atoms with E-state index in [1.807, 2.05) is 37.4 Å². The first-order valence-corrected chi connectivity index (χ1v) is 10.0. The van der Waals surface area contributed by atoms with Crippen molar-refractivity contribution in [3.63, 3.8) is 0 Å². The van der Waals surface area contributed by atoms with E-state index in [1.165, 1.54) is 16.5 Å². The first kappa shape index (κ1) is 21.5. The van der Waals surface area contributed by atoms with Crippen molar-refractivity contribution >= 4 is 27.5 Å². The number of nitrogens with zero attached hydrogens (tertiary/aromatic N) is 3. The van der Waals surface area contributed by atoms with Crippen LogP contribution in [-0.4, -0.2) is 40.8 Å². The Morgan fingerprint density at radius 2 is 2.17 bits per heavy atom. The van der Waals surface area contributed by atoms with E-state index in [1.54, 1.807) is 17.4 Å². The summed E-state index contributed by atoms with van der Waals surface area (Å²) in [6, 6.07) is 5.87. The molecule has 142 valence electrons. The largest absolute Gasteiger partial charge is 1.00 e. The van der Waals surface area contributed by atoms with Gasteiger partial charge in [0.15, 0.2) is 5.91 Å². The van der Waals surface area contributed by atoms with Crippen molar-refractivity contribution in [3.8, 4) is 0 Å². The smallest absolute Gasteiger partial charge is 0.359 e. The zero-order chi connectivity index (χ0) is 19.7. The molecule has 0 spiro atoms. The van der Waals surface area contributed by atoms with Crippen molar-refractivity contribution in [3.05, 3.63) is 88.8 Å². The molecule has 0 N–H and O–H groups in total. The maximum atomic E-state index is 12.7. The third kappa shape index (κ3) is 4.88. The molecule has 1 aromatic carbocycles. The number of amides is 1. The summed E-state index contributed by atoms with van der Waals surface area (Å²) in [6.07, 6.45) is 13.3. The maximum absolute atomic E-state index is 12.7. The molecule has 1 aromatic heterocycles. The minimum absolute atomic E-state index is 0. The topological polar surface area (TPSA) is 36.4 Å². The molecule has 0 saturated heterocycles. The van der Waals surface area contributed by atoms with Crippen molar-refractivity contribution in [1.82, 2.24) is 14.8 Å². The van der Waals surface area contributed by atoms with Crippen LogP contribution in [-0.2, 0) is 4.79 Å². The summed E-state index contributed by atoms with van der Waals surface area (Å²) in [5, 5.41) is 1.02. The fraction of sp³-hybridized carbons (Fsp3) is 0.217. The van der Waals surface area contributed by atoms with E-state index in [0.717, 1.165) is 45.9 Å². The quantitative estimate of drug-likeness (QED) is 0.446. The molecule has 29 heavy (non-hydrogen) atoms.